The molecule has 0 aliphatic rings. The van der Waals surface area contributed by atoms with Crippen LogP contribution in [0, 0.1) is 0 Å². The van der Waals surface area contributed by atoms with Crippen molar-refractivity contribution in [1.29, 1.82) is 0 Å². The van der Waals surface area contributed by atoms with Gasteiger partial charge in [-0.25, -0.2) is 14.5 Å². The number of benzene rings is 1. The lowest BCUT2D eigenvalue weighted by atomic mass is 10.2. The van der Waals surface area contributed by atoms with Crippen LogP contribution in [0.5, 0.6) is 0 Å². The molecule has 1 N–H and O–H groups in total. The van der Waals surface area contributed by atoms with Crippen LogP contribution in [0.1, 0.15) is 0 Å². The third kappa shape index (κ3) is 2.26. The van der Waals surface area contributed by atoms with Gasteiger partial charge in [-0.15, -0.1) is 5.10 Å². The molecule has 2 heterocycles. The number of aromatic nitrogens is 6. The fourth-order valence-corrected chi connectivity index (χ4v) is 1.78. The number of hydrogen-bond acceptors (Lipinski definition) is 5. The van der Waals surface area contributed by atoms with Crippen molar-refractivity contribution < 1.29 is 4.79 Å². The molecular formula is C12H11N7O. The maximum absolute atomic E-state index is 11.9. The van der Waals surface area contributed by atoms with Crippen molar-refractivity contribution in [1.82, 2.24) is 29.8 Å². The van der Waals surface area contributed by atoms with E-state index in [2.05, 4.69) is 25.8 Å². The Morgan fingerprint density at radius 1 is 1.35 bits per heavy atom. The standard InChI is InChI=1S/C12H11N7O/c1-18-11(15-16-17-18)9-3-2-4-10(7-9)14-12(20)19-6-5-13-8-19/h2-8H,1H3,(H,14,20). The Morgan fingerprint density at radius 2 is 2.25 bits per heavy atom. The van der Waals surface area contributed by atoms with Crippen molar-refractivity contribution in [3.05, 3.63) is 43.0 Å². The van der Waals surface area contributed by atoms with Gasteiger partial charge in [0.05, 0.1) is 0 Å². The van der Waals surface area contributed by atoms with Crippen LogP contribution in [0.25, 0.3) is 11.4 Å². The van der Waals surface area contributed by atoms with Gasteiger partial charge in [0.25, 0.3) is 0 Å². The molecule has 3 rings (SSSR count). The molecule has 0 bridgehead atoms. The van der Waals surface area contributed by atoms with Crippen LogP contribution in [0.2, 0.25) is 0 Å². The number of aryl methyl sites for hydroxylation is 1. The summed E-state index contributed by atoms with van der Waals surface area (Å²) in [6.07, 6.45) is 4.55. The number of amides is 1. The van der Waals surface area contributed by atoms with Crippen LogP contribution in [-0.2, 0) is 7.05 Å². The minimum Gasteiger partial charge on any atom is -0.307 e. The number of imidazole rings is 1. The van der Waals surface area contributed by atoms with Gasteiger partial charge >= 0.3 is 6.03 Å². The molecule has 20 heavy (non-hydrogen) atoms. The van der Waals surface area contributed by atoms with Gasteiger partial charge in [0.1, 0.15) is 6.33 Å². The highest BCUT2D eigenvalue weighted by Crippen LogP contribution is 2.19. The molecule has 8 nitrogen and oxygen atoms in total. The molecule has 0 aliphatic heterocycles. The predicted molar refractivity (Wildman–Crippen MR) is 70.9 cm³/mol. The van der Waals surface area contributed by atoms with Crippen molar-refractivity contribution in [2.45, 2.75) is 0 Å². The summed E-state index contributed by atoms with van der Waals surface area (Å²) >= 11 is 0. The van der Waals surface area contributed by atoms with Crippen LogP contribution < -0.4 is 5.32 Å². The van der Waals surface area contributed by atoms with Gasteiger partial charge in [0, 0.05) is 30.7 Å². The van der Waals surface area contributed by atoms with Crippen molar-refractivity contribution in [3.63, 3.8) is 0 Å². The first-order valence-electron chi connectivity index (χ1n) is 5.86. The maximum atomic E-state index is 11.9. The van der Waals surface area contributed by atoms with E-state index < -0.39 is 0 Å². The Kier molecular flexibility index (Phi) is 2.96. The first kappa shape index (κ1) is 12.0. The normalized spacial score (nSPS) is 10.4. The molecule has 1 amide bonds. The highest BCUT2D eigenvalue weighted by Gasteiger charge is 2.08. The molecule has 0 saturated carbocycles. The Bertz CT molecular complexity index is 732. The Morgan fingerprint density at radius 3 is 2.95 bits per heavy atom. The maximum Gasteiger partial charge on any atom is 0.331 e. The van der Waals surface area contributed by atoms with Gasteiger partial charge in [-0.3, -0.25) is 4.57 Å². The van der Waals surface area contributed by atoms with E-state index in [9.17, 15) is 4.79 Å². The van der Waals surface area contributed by atoms with Gasteiger partial charge in [-0.05, 0) is 22.6 Å². The van der Waals surface area contributed by atoms with Crippen molar-refractivity contribution >= 4 is 11.7 Å². The second-order valence-electron chi connectivity index (χ2n) is 4.11. The minimum atomic E-state index is -0.282. The zero-order chi connectivity index (χ0) is 13.9. The fourth-order valence-electron chi connectivity index (χ4n) is 1.78. The number of hydrogen-bond donors (Lipinski definition) is 1. The molecular weight excluding hydrogens is 258 g/mol. The molecule has 0 unspecified atom stereocenters. The zero-order valence-electron chi connectivity index (χ0n) is 10.6. The average Bonchev–Trinajstić information content (AvgIpc) is 3.10. The number of tetrazole rings is 1. The molecule has 0 fully saturated rings. The quantitative estimate of drug-likeness (QED) is 0.753. The molecule has 0 aliphatic carbocycles. The lowest BCUT2D eigenvalue weighted by Gasteiger charge is -2.06. The van der Waals surface area contributed by atoms with Gasteiger partial charge in [-0.2, -0.15) is 0 Å². The molecule has 1 aromatic carbocycles. The van der Waals surface area contributed by atoms with E-state index in [1.54, 1.807) is 36.3 Å². The smallest absolute Gasteiger partial charge is 0.307 e. The number of rotatable bonds is 2. The van der Waals surface area contributed by atoms with E-state index in [-0.39, 0.29) is 6.03 Å². The monoisotopic (exact) mass is 269 g/mol. The van der Waals surface area contributed by atoms with E-state index >= 15 is 0 Å². The molecule has 0 atom stereocenters. The number of nitrogens with one attached hydrogen (secondary N) is 1. The van der Waals surface area contributed by atoms with Gasteiger partial charge < -0.3 is 5.32 Å². The first-order valence-corrected chi connectivity index (χ1v) is 5.86. The third-order valence-electron chi connectivity index (χ3n) is 2.73. The van der Waals surface area contributed by atoms with Crippen LogP contribution in [0.4, 0.5) is 10.5 Å². The lowest BCUT2D eigenvalue weighted by molar-refractivity contribution is 0.253. The summed E-state index contributed by atoms with van der Waals surface area (Å²) in [6, 6.07) is 7.02. The van der Waals surface area contributed by atoms with E-state index in [0.717, 1.165) is 5.56 Å². The summed E-state index contributed by atoms with van der Waals surface area (Å²) in [6.45, 7) is 0. The fraction of sp³-hybridized carbons (Fsp3) is 0.0833. The average molecular weight is 269 g/mol. The van der Waals surface area contributed by atoms with E-state index in [4.69, 9.17) is 0 Å². The Labute approximate surface area is 114 Å². The number of nitrogens with zero attached hydrogens (tertiary/aromatic N) is 6. The highest BCUT2D eigenvalue weighted by molar-refractivity contribution is 5.91. The van der Waals surface area contributed by atoms with Crippen molar-refractivity contribution in [2.75, 3.05) is 5.32 Å². The van der Waals surface area contributed by atoms with E-state index in [0.29, 0.717) is 11.5 Å². The molecule has 100 valence electrons. The Hall–Kier alpha value is -3.03. The van der Waals surface area contributed by atoms with E-state index in [1.165, 1.54) is 10.9 Å². The largest absolute Gasteiger partial charge is 0.331 e. The van der Waals surface area contributed by atoms with Crippen LogP contribution in [0.3, 0.4) is 0 Å². The van der Waals surface area contributed by atoms with Crippen LogP contribution in [-0.4, -0.2) is 35.8 Å². The Balaban J connectivity index is 1.85. The minimum absolute atomic E-state index is 0.282. The summed E-state index contributed by atoms with van der Waals surface area (Å²) in [4.78, 5) is 15.7. The second-order valence-corrected chi connectivity index (χ2v) is 4.11. The van der Waals surface area contributed by atoms with Crippen molar-refractivity contribution in [2.24, 2.45) is 7.05 Å². The van der Waals surface area contributed by atoms with Crippen LogP contribution in [0.15, 0.2) is 43.0 Å². The molecule has 0 spiro atoms. The lowest BCUT2D eigenvalue weighted by Crippen LogP contribution is -2.17. The number of carbonyl (C=O) groups is 1. The number of anilines is 1. The first-order chi connectivity index (χ1) is 9.74. The molecule has 0 radical (unpaired) electrons. The summed E-state index contributed by atoms with van der Waals surface area (Å²) in [5.74, 6) is 0.628. The van der Waals surface area contributed by atoms with Crippen LogP contribution >= 0.6 is 0 Å². The predicted octanol–water partition coefficient (Wildman–Crippen LogP) is 1.15. The summed E-state index contributed by atoms with van der Waals surface area (Å²) in [5.41, 5.74) is 1.48. The summed E-state index contributed by atoms with van der Waals surface area (Å²) in [5, 5.41) is 14.1. The molecule has 3 aromatic rings. The third-order valence-corrected chi connectivity index (χ3v) is 2.73. The topological polar surface area (TPSA) is 90.5 Å². The zero-order valence-corrected chi connectivity index (χ0v) is 10.6. The molecule has 0 saturated heterocycles. The number of carbonyl (C=O) groups excluding carboxylic acids is 1. The summed E-state index contributed by atoms with van der Waals surface area (Å²) in [7, 11) is 1.76. The van der Waals surface area contributed by atoms with Gasteiger partial charge in [-0.1, -0.05) is 12.1 Å². The van der Waals surface area contributed by atoms with Gasteiger partial charge in [0.15, 0.2) is 5.82 Å². The highest BCUT2D eigenvalue weighted by atomic mass is 16.2. The second kappa shape index (κ2) is 4.92. The summed E-state index contributed by atoms with van der Waals surface area (Å²) < 4.78 is 2.92. The van der Waals surface area contributed by atoms with E-state index in [1.807, 2.05) is 12.1 Å². The molecule has 8 heteroatoms. The van der Waals surface area contributed by atoms with Gasteiger partial charge in [0.2, 0.25) is 0 Å². The SMILES string of the molecule is Cn1nnnc1-c1cccc(NC(=O)n2ccnc2)c1. The molecule has 2 aromatic heterocycles. The van der Waals surface area contributed by atoms with Crippen molar-refractivity contribution in [3.8, 4) is 11.4 Å².